The van der Waals surface area contributed by atoms with Gasteiger partial charge in [0.2, 0.25) is 0 Å². The van der Waals surface area contributed by atoms with Gasteiger partial charge in [0.1, 0.15) is 11.6 Å². The molecule has 2 nitrogen and oxygen atoms in total. The summed E-state index contributed by atoms with van der Waals surface area (Å²) < 4.78 is 52.7. The van der Waals surface area contributed by atoms with Crippen molar-refractivity contribution >= 4 is 0 Å². The van der Waals surface area contributed by atoms with E-state index in [2.05, 4.69) is 4.74 Å². The zero-order chi connectivity index (χ0) is 15.5. The highest BCUT2D eigenvalue weighted by atomic mass is 19.4. The molecule has 1 unspecified atom stereocenters. The SMILES string of the molecule is NC(Cc1ccc(OC(F)(F)F)cc1)c1ccc(F)cc1. The largest absolute Gasteiger partial charge is 0.573 e. The van der Waals surface area contributed by atoms with Crippen LogP contribution in [0.15, 0.2) is 48.5 Å². The highest BCUT2D eigenvalue weighted by Gasteiger charge is 2.30. The van der Waals surface area contributed by atoms with Gasteiger partial charge in [-0.1, -0.05) is 24.3 Å². The van der Waals surface area contributed by atoms with E-state index >= 15 is 0 Å². The summed E-state index contributed by atoms with van der Waals surface area (Å²) in [7, 11) is 0. The highest BCUT2D eigenvalue weighted by molar-refractivity contribution is 5.29. The van der Waals surface area contributed by atoms with Gasteiger partial charge in [-0.3, -0.25) is 0 Å². The van der Waals surface area contributed by atoms with Gasteiger partial charge < -0.3 is 10.5 Å². The minimum Gasteiger partial charge on any atom is -0.406 e. The van der Waals surface area contributed by atoms with Crippen molar-refractivity contribution in [1.82, 2.24) is 0 Å². The summed E-state index contributed by atoms with van der Waals surface area (Å²) in [5, 5.41) is 0. The van der Waals surface area contributed by atoms with Crippen LogP contribution in [0, 0.1) is 5.82 Å². The van der Waals surface area contributed by atoms with Gasteiger partial charge in [0.05, 0.1) is 0 Å². The van der Waals surface area contributed by atoms with Crippen LogP contribution in [0.4, 0.5) is 17.6 Å². The molecule has 2 rings (SSSR count). The standard InChI is InChI=1S/C15H13F4NO/c16-12-5-3-11(4-6-12)14(20)9-10-1-7-13(8-2-10)21-15(17,18)19/h1-8,14H,9,20H2. The van der Waals surface area contributed by atoms with Gasteiger partial charge in [0.25, 0.3) is 0 Å². The Balaban J connectivity index is 2.01. The molecular weight excluding hydrogens is 286 g/mol. The number of rotatable bonds is 4. The van der Waals surface area contributed by atoms with E-state index in [0.717, 1.165) is 11.1 Å². The molecule has 0 bridgehead atoms. The van der Waals surface area contributed by atoms with Crippen LogP contribution in [-0.2, 0) is 6.42 Å². The number of ether oxygens (including phenoxy) is 1. The first kappa shape index (κ1) is 15.3. The fraction of sp³-hybridized carbons (Fsp3) is 0.200. The normalized spacial score (nSPS) is 13.0. The predicted molar refractivity (Wildman–Crippen MR) is 70.2 cm³/mol. The zero-order valence-corrected chi connectivity index (χ0v) is 10.9. The Kier molecular flexibility index (Phi) is 4.47. The summed E-state index contributed by atoms with van der Waals surface area (Å²) >= 11 is 0. The van der Waals surface area contributed by atoms with Crippen LogP contribution < -0.4 is 10.5 Å². The molecule has 2 N–H and O–H groups in total. The number of hydrogen-bond donors (Lipinski definition) is 1. The molecule has 0 amide bonds. The van der Waals surface area contributed by atoms with E-state index in [1.165, 1.54) is 36.4 Å². The quantitative estimate of drug-likeness (QED) is 0.867. The Labute approximate surface area is 119 Å². The summed E-state index contributed by atoms with van der Waals surface area (Å²) in [4.78, 5) is 0. The lowest BCUT2D eigenvalue weighted by atomic mass is 10.00. The topological polar surface area (TPSA) is 35.2 Å². The van der Waals surface area contributed by atoms with Crippen molar-refractivity contribution in [2.75, 3.05) is 0 Å². The van der Waals surface area contributed by atoms with E-state index in [0.29, 0.717) is 6.42 Å². The molecule has 0 heterocycles. The Morgan fingerprint density at radius 1 is 0.952 bits per heavy atom. The summed E-state index contributed by atoms with van der Waals surface area (Å²) in [6, 6.07) is 10.9. The first-order valence-corrected chi connectivity index (χ1v) is 6.19. The van der Waals surface area contributed by atoms with Crippen molar-refractivity contribution in [3.8, 4) is 5.75 Å². The molecule has 1 atom stereocenters. The third-order valence-electron chi connectivity index (χ3n) is 2.91. The van der Waals surface area contributed by atoms with Crippen molar-refractivity contribution in [2.45, 2.75) is 18.8 Å². The highest BCUT2D eigenvalue weighted by Crippen LogP contribution is 2.24. The van der Waals surface area contributed by atoms with Gasteiger partial charge in [-0.05, 0) is 41.8 Å². The smallest absolute Gasteiger partial charge is 0.406 e. The molecule has 0 saturated carbocycles. The molecule has 0 radical (unpaired) electrons. The molecule has 0 fully saturated rings. The zero-order valence-electron chi connectivity index (χ0n) is 10.9. The molecule has 0 aliphatic carbocycles. The molecule has 0 aromatic heterocycles. The van der Waals surface area contributed by atoms with Gasteiger partial charge in [0.15, 0.2) is 0 Å². The van der Waals surface area contributed by atoms with E-state index < -0.39 is 6.36 Å². The van der Waals surface area contributed by atoms with Crippen LogP contribution in [0.25, 0.3) is 0 Å². The van der Waals surface area contributed by atoms with Crippen LogP contribution in [-0.4, -0.2) is 6.36 Å². The molecule has 112 valence electrons. The Morgan fingerprint density at radius 2 is 1.52 bits per heavy atom. The minimum atomic E-state index is -4.70. The maximum Gasteiger partial charge on any atom is 0.573 e. The molecule has 0 saturated heterocycles. The Morgan fingerprint density at radius 3 is 2.05 bits per heavy atom. The predicted octanol–water partition coefficient (Wildman–Crippen LogP) is 3.97. The van der Waals surface area contributed by atoms with Crippen molar-refractivity contribution in [3.05, 3.63) is 65.5 Å². The van der Waals surface area contributed by atoms with Crippen LogP contribution in [0.5, 0.6) is 5.75 Å². The lowest BCUT2D eigenvalue weighted by molar-refractivity contribution is -0.274. The number of benzene rings is 2. The van der Waals surface area contributed by atoms with E-state index in [9.17, 15) is 17.6 Å². The van der Waals surface area contributed by atoms with Crippen molar-refractivity contribution in [1.29, 1.82) is 0 Å². The van der Waals surface area contributed by atoms with Gasteiger partial charge >= 0.3 is 6.36 Å². The molecule has 2 aromatic carbocycles. The summed E-state index contributed by atoms with van der Waals surface area (Å²) in [6.45, 7) is 0. The minimum absolute atomic E-state index is 0.276. The fourth-order valence-corrected chi connectivity index (χ4v) is 1.91. The number of hydrogen-bond acceptors (Lipinski definition) is 2. The lowest BCUT2D eigenvalue weighted by Gasteiger charge is -2.13. The summed E-state index contributed by atoms with van der Waals surface area (Å²) in [5.41, 5.74) is 7.50. The second-order valence-corrected chi connectivity index (χ2v) is 4.55. The molecule has 0 spiro atoms. The average Bonchev–Trinajstić information content (AvgIpc) is 2.40. The molecular formula is C15H13F4NO. The maximum atomic E-state index is 12.8. The van der Waals surface area contributed by atoms with Gasteiger partial charge in [-0.2, -0.15) is 0 Å². The van der Waals surface area contributed by atoms with Gasteiger partial charge in [0, 0.05) is 6.04 Å². The van der Waals surface area contributed by atoms with Crippen molar-refractivity contribution in [3.63, 3.8) is 0 Å². The second-order valence-electron chi connectivity index (χ2n) is 4.55. The molecule has 21 heavy (non-hydrogen) atoms. The molecule has 0 aliphatic heterocycles. The number of halogens is 4. The first-order chi connectivity index (χ1) is 9.83. The molecule has 6 heteroatoms. The second kappa shape index (κ2) is 6.13. The fourth-order valence-electron chi connectivity index (χ4n) is 1.91. The maximum absolute atomic E-state index is 12.8. The Hall–Kier alpha value is -2.08. The Bertz CT molecular complexity index is 578. The van der Waals surface area contributed by atoms with Crippen LogP contribution >= 0.6 is 0 Å². The molecule has 2 aromatic rings. The van der Waals surface area contributed by atoms with Gasteiger partial charge in [-0.25, -0.2) is 4.39 Å². The van der Waals surface area contributed by atoms with E-state index in [4.69, 9.17) is 5.73 Å². The summed E-state index contributed by atoms with van der Waals surface area (Å²) in [5.74, 6) is -0.624. The van der Waals surface area contributed by atoms with Crippen LogP contribution in [0.1, 0.15) is 17.2 Å². The average molecular weight is 299 g/mol. The number of nitrogens with two attached hydrogens (primary N) is 1. The van der Waals surface area contributed by atoms with Crippen LogP contribution in [0.2, 0.25) is 0 Å². The van der Waals surface area contributed by atoms with Crippen molar-refractivity contribution in [2.24, 2.45) is 5.73 Å². The van der Waals surface area contributed by atoms with Gasteiger partial charge in [-0.15, -0.1) is 13.2 Å². The summed E-state index contributed by atoms with van der Waals surface area (Å²) in [6.07, 6.45) is -4.27. The monoisotopic (exact) mass is 299 g/mol. The van der Waals surface area contributed by atoms with Crippen LogP contribution in [0.3, 0.4) is 0 Å². The van der Waals surface area contributed by atoms with E-state index in [1.54, 1.807) is 12.1 Å². The number of alkyl halides is 3. The third-order valence-corrected chi connectivity index (χ3v) is 2.91. The molecule has 0 aliphatic rings. The third kappa shape index (κ3) is 4.75. The lowest BCUT2D eigenvalue weighted by Crippen LogP contribution is -2.17. The van der Waals surface area contributed by atoms with Crippen molar-refractivity contribution < 1.29 is 22.3 Å². The first-order valence-electron chi connectivity index (χ1n) is 6.19. The van der Waals surface area contributed by atoms with E-state index in [-0.39, 0.29) is 17.6 Å². The van der Waals surface area contributed by atoms with E-state index in [1.807, 2.05) is 0 Å².